The summed E-state index contributed by atoms with van der Waals surface area (Å²) in [5.41, 5.74) is 5.00. The Hall–Kier alpha value is -3.80. The van der Waals surface area contributed by atoms with Crippen molar-refractivity contribution >= 4 is 17.5 Å². The van der Waals surface area contributed by atoms with E-state index in [1.165, 1.54) is 0 Å². The van der Waals surface area contributed by atoms with Crippen molar-refractivity contribution in [1.29, 1.82) is 0 Å². The van der Waals surface area contributed by atoms with Crippen molar-refractivity contribution in [3.63, 3.8) is 0 Å². The van der Waals surface area contributed by atoms with E-state index in [-0.39, 0.29) is 18.6 Å². The first-order valence-corrected chi connectivity index (χ1v) is 12.6. The second-order valence-corrected chi connectivity index (χ2v) is 9.79. The summed E-state index contributed by atoms with van der Waals surface area (Å²) in [5.74, 6) is 1.44. The molecule has 0 unspecified atom stereocenters. The highest BCUT2D eigenvalue weighted by Gasteiger charge is 2.51. The maximum absolute atomic E-state index is 13.4. The average Bonchev–Trinajstić information content (AvgIpc) is 3.58. The monoisotopic (exact) mass is 484 g/mol. The number of amides is 2. The molecule has 0 atom stereocenters. The van der Waals surface area contributed by atoms with Gasteiger partial charge in [0.15, 0.2) is 11.5 Å². The summed E-state index contributed by atoms with van der Waals surface area (Å²) in [6.45, 7) is 5.14. The van der Waals surface area contributed by atoms with Gasteiger partial charge >= 0.3 is 0 Å². The lowest BCUT2D eigenvalue weighted by Gasteiger charge is -2.18. The topological polar surface area (TPSA) is 67.9 Å². The number of anilines is 1. The van der Waals surface area contributed by atoms with Crippen LogP contribution in [-0.2, 0) is 10.2 Å². The Morgan fingerprint density at radius 1 is 0.972 bits per heavy atom. The van der Waals surface area contributed by atoms with Crippen LogP contribution in [0.15, 0.2) is 60.7 Å². The molecule has 3 aromatic carbocycles. The summed E-state index contributed by atoms with van der Waals surface area (Å²) in [4.78, 5) is 27.8. The van der Waals surface area contributed by atoms with Crippen LogP contribution < -0.4 is 14.8 Å². The van der Waals surface area contributed by atoms with Gasteiger partial charge in [0.1, 0.15) is 0 Å². The molecule has 2 amide bonds. The van der Waals surface area contributed by atoms with Gasteiger partial charge in [-0.2, -0.15) is 0 Å². The Balaban J connectivity index is 1.32. The molecular weight excluding hydrogens is 452 g/mol. The minimum Gasteiger partial charge on any atom is -0.454 e. The predicted molar refractivity (Wildman–Crippen MR) is 141 cm³/mol. The molecule has 0 spiro atoms. The average molecular weight is 485 g/mol. The summed E-state index contributed by atoms with van der Waals surface area (Å²) < 4.78 is 10.9. The lowest BCUT2D eigenvalue weighted by molar-refractivity contribution is -0.118. The molecule has 5 rings (SSSR count). The van der Waals surface area contributed by atoms with E-state index >= 15 is 0 Å². The van der Waals surface area contributed by atoms with E-state index in [1.54, 1.807) is 4.90 Å². The minimum atomic E-state index is -0.530. The van der Waals surface area contributed by atoms with Crippen LogP contribution in [0.1, 0.15) is 54.1 Å². The molecular formula is C30H32N2O4. The van der Waals surface area contributed by atoms with Crippen molar-refractivity contribution in [2.75, 3.05) is 25.7 Å². The van der Waals surface area contributed by atoms with E-state index in [2.05, 4.69) is 12.2 Å². The third kappa shape index (κ3) is 4.55. The third-order valence-corrected chi connectivity index (χ3v) is 7.24. The number of carbonyl (C=O) groups excluding carboxylic acids is 2. The van der Waals surface area contributed by atoms with Crippen LogP contribution in [0.2, 0.25) is 0 Å². The largest absolute Gasteiger partial charge is 0.454 e. The first kappa shape index (κ1) is 23.9. The van der Waals surface area contributed by atoms with E-state index in [0.717, 1.165) is 65.9 Å². The highest BCUT2D eigenvalue weighted by atomic mass is 16.7. The van der Waals surface area contributed by atoms with Gasteiger partial charge < -0.3 is 19.7 Å². The third-order valence-electron chi connectivity index (χ3n) is 7.24. The first-order chi connectivity index (χ1) is 17.4. The molecule has 1 aliphatic carbocycles. The molecule has 1 heterocycles. The fourth-order valence-electron chi connectivity index (χ4n) is 4.74. The fraction of sp³-hybridized carbons (Fsp3) is 0.333. The Morgan fingerprint density at radius 2 is 1.72 bits per heavy atom. The number of rotatable bonds is 8. The lowest BCUT2D eigenvalue weighted by Crippen LogP contribution is -2.27. The number of nitrogens with one attached hydrogen (secondary N) is 1. The highest BCUT2D eigenvalue weighted by Crippen LogP contribution is 2.51. The quantitative estimate of drug-likeness (QED) is 0.430. The number of aryl methyl sites for hydroxylation is 1. The van der Waals surface area contributed by atoms with Gasteiger partial charge in [0, 0.05) is 24.8 Å². The molecule has 1 N–H and O–H groups in total. The van der Waals surface area contributed by atoms with Crippen LogP contribution in [0, 0.1) is 6.92 Å². The molecule has 186 valence electrons. The van der Waals surface area contributed by atoms with Gasteiger partial charge in [-0.25, -0.2) is 0 Å². The maximum atomic E-state index is 13.4. The Bertz CT molecular complexity index is 1290. The molecule has 3 aromatic rings. The van der Waals surface area contributed by atoms with E-state index in [1.807, 2.05) is 74.6 Å². The Kier molecular flexibility index (Phi) is 6.44. The molecule has 1 aliphatic heterocycles. The molecule has 1 fully saturated rings. The minimum absolute atomic E-state index is 0.00719. The summed E-state index contributed by atoms with van der Waals surface area (Å²) in [6, 6.07) is 19.4. The smallest absolute Gasteiger partial charge is 0.253 e. The number of hydrogen-bond donors (Lipinski definition) is 1. The van der Waals surface area contributed by atoms with Gasteiger partial charge in [0.2, 0.25) is 12.7 Å². The Morgan fingerprint density at radius 3 is 2.44 bits per heavy atom. The molecule has 0 saturated heterocycles. The van der Waals surface area contributed by atoms with Crippen molar-refractivity contribution in [2.45, 2.75) is 44.9 Å². The number of ether oxygens (including phenoxy) is 2. The summed E-state index contributed by atoms with van der Waals surface area (Å²) in [5, 5.41) is 3.14. The van der Waals surface area contributed by atoms with Gasteiger partial charge in [-0.3, -0.25) is 9.59 Å². The van der Waals surface area contributed by atoms with Crippen LogP contribution in [0.3, 0.4) is 0 Å². The number of fused-ring (bicyclic) bond motifs is 1. The second-order valence-electron chi connectivity index (χ2n) is 9.79. The van der Waals surface area contributed by atoms with Gasteiger partial charge in [-0.05, 0) is 84.8 Å². The van der Waals surface area contributed by atoms with E-state index in [0.29, 0.717) is 11.3 Å². The van der Waals surface area contributed by atoms with Gasteiger partial charge in [-0.15, -0.1) is 0 Å². The zero-order valence-corrected chi connectivity index (χ0v) is 21.1. The maximum Gasteiger partial charge on any atom is 0.253 e. The van der Waals surface area contributed by atoms with Crippen molar-refractivity contribution in [3.05, 3.63) is 77.4 Å². The van der Waals surface area contributed by atoms with Crippen molar-refractivity contribution in [2.24, 2.45) is 0 Å². The van der Waals surface area contributed by atoms with Crippen molar-refractivity contribution in [1.82, 2.24) is 4.90 Å². The number of nitrogens with zero attached hydrogens (tertiary/aromatic N) is 1. The number of unbranched alkanes of at least 4 members (excludes halogenated alkanes) is 1. The molecule has 2 aliphatic rings. The van der Waals surface area contributed by atoms with Crippen molar-refractivity contribution in [3.8, 4) is 22.6 Å². The molecule has 36 heavy (non-hydrogen) atoms. The number of hydrogen-bond acceptors (Lipinski definition) is 4. The summed E-state index contributed by atoms with van der Waals surface area (Å²) in [7, 11) is 1.85. The zero-order chi connectivity index (χ0) is 25.3. The summed E-state index contributed by atoms with van der Waals surface area (Å²) in [6.07, 6.45) is 3.66. The van der Waals surface area contributed by atoms with Gasteiger partial charge in [-0.1, -0.05) is 37.6 Å². The van der Waals surface area contributed by atoms with Gasteiger partial charge in [0.05, 0.1) is 5.41 Å². The Labute approximate surface area is 212 Å². The van der Waals surface area contributed by atoms with Crippen LogP contribution >= 0.6 is 0 Å². The molecule has 6 heteroatoms. The number of carbonyl (C=O) groups is 2. The van der Waals surface area contributed by atoms with Gasteiger partial charge in [0.25, 0.3) is 5.91 Å². The first-order valence-electron chi connectivity index (χ1n) is 12.6. The molecule has 0 aromatic heterocycles. The fourth-order valence-corrected chi connectivity index (χ4v) is 4.74. The van der Waals surface area contributed by atoms with E-state index < -0.39 is 5.41 Å². The predicted octanol–water partition coefficient (Wildman–Crippen LogP) is 5.93. The van der Waals surface area contributed by atoms with Crippen LogP contribution in [-0.4, -0.2) is 37.1 Å². The van der Waals surface area contributed by atoms with E-state index in [9.17, 15) is 9.59 Å². The standard InChI is InChI=1S/C30H32N2O4/c1-4-5-16-32(3)28(33)22-9-7-21(8-10-22)25-18-24(12-6-20(25)2)31-29(34)30(14-15-30)23-11-13-26-27(17-23)36-19-35-26/h6-13,17-18H,4-5,14-16,19H2,1-3H3,(H,31,34). The molecule has 6 nitrogen and oxygen atoms in total. The molecule has 1 saturated carbocycles. The highest BCUT2D eigenvalue weighted by molar-refractivity contribution is 6.02. The van der Waals surface area contributed by atoms with Crippen LogP contribution in [0.5, 0.6) is 11.5 Å². The van der Waals surface area contributed by atoms with Crippen molar-refractivity contribution < 1.29 is 19.1 Å². The molecule has 0 radical (unpaired) electrons. The normalized spacial score (nSPS) is 14.9. The summed E-state index contributed by atoms with van der Waals surface area (Å²) >= 11 is 0. The second kappa shape index (κ2) is 9.69. The zero-order valence-electron chi connectivity index (χ0n) is 21.1. The lowest BCUT2D eigenvalue weighted by atomic mass is 9.94. The van der Waals surface area contributed by atoms with E-state index in [4.69, 9.17) is 9.47 Å². The SMILES string of the molecule is CCCCN(C)C(=O)c1ccc(-c2cc(NC(=O)C3(c4ccc5c(c4)OCO5)CC3)ccc2C)cc1. The molecule has 0 bridgehead atoms. The van der Waals surface area contributed by atoms with Crippen LogP contribution in [0.4, 0.5) is 5.69 Å². The number of benzene rings is 3. The van der Waals surface area contributed by atoms with Crippen LogP contribution in [0.25, 0.3) is 11.1 Å².